The number of carboxylic acids is 2. The van der Waals surface area contributed by atoms with Crippen LogP contribution >= 0.6 is 0 Å². The molecule has 204 valence electrons. The number of hydrogen-bond donors (Lipinski definition) is 6. The van der Waals surface area contributed by atoms with Crippen molar-refractivity contribution in [1.82, 2.24) is 15.3 Å². The maximum atomic E-state index is 12.4. The molecule has 3 rings (SSSR count). The summed E-state index contributed by atoms with van der Waals surface area (Å²) in [5.74, 6) is -3.04. The van der Waals surface area contributed by atoms with Gasteiger partial charge >= 0.3 is 11.9 Å². The predicted octanol–water partition coefficient (Wildman–Crippen LogP) is 2.44. The number of benzene rings is 2. The summed E-state index contributed by atoms with van der Waals surface area (Å²) < 4.78 is 0. The van der Waals surface area contributed by atoms with E-state index in [2.05, 4.69) is 20.6 Å². The average Bonchev–Trinajstić information content (AvgIpc) is 2.89. The van der Waals surface area contributed by atoms with Crippen molar-refractivity contribution in [3.63, 3.8) is 0 Å². The van der Waals surface area contributed by atoms with Crippen LogP contribution in [0.3, 0.4) is 0 Å². The summed E-state index contributed by atoms with van der Waals surface area (Å²) in [4.78, 5) is 53.9. The number of carbonyl (C=O) groups excluding carboxylic acids is 1. The Labute approximate surface area is 222 Å². The maximum Gasteiger partial charge on any atom is 0.326 e. The Bertz CT molecular complexity index is 1410. The van der Waals surface area contributed by atoms with Gasteiger partial charge in [-0.2, -0.15) is 4.98 Å². The fourth-order valence-electron chi connectivity index (χ4n) is 3.84. The standard InChI is InChI=1S/C25H27N7O7/c1-2-16-21(22(26)31-25(27)30-16)15-7-8-17(19(11-15)32(38)39)28-12-13-3-5-14(6-4-13)23(35)29-18(24(36)37)9-10-20(33)34/h3-8,11,18,28H,2,9-10,12H2,1H3,(H,29,35)(H,33,34)(H,36,37)(H4,26,27,30,31)/t18-/m0/s1. The average molecular weight is 538 g/mol. The lowest BCUT2D eigenvalue weighted by Crippen LogP contribution is -2.41. The first-order valence-corrected chi connectivity index (χ1v) is 11.8. The molecule has 0 saturated heterocycles. The summed E-state index contributed by atoms with van der Waals surface area (Å²) >= 11 is 0. The topological polar surface area (TPSA) is 237 Å². The van der Waals surface area contributed by atoms with E-state index in [4.69, 9.17) is 16.6 Å². The van der Waals surface area contributed by atoms with Gasteiger partial charge in [0.1, 0.15) is 17.5 Å². The van der Waals surface area contributed by atoms with Gasteiger partial charge in [0, 0.05) is 30.2 Å². The Kier molecular flexibility index (Phi) is 8.94. The molecule has 0 aliphatic carbocycles. The third-order valence-corrected chi connectivity index (χ3v) is 5.80. The molecule has 0 unspecified atom stereocenters. The minimum atomic E-state index is -1.35. The second kappa shape index (κ2) is 12.3. The third-order valence-electron chi connectivity index (χ3n) is 5.80. The monoisotopic (exact) mass is 537 g/mol. The van der Waals surface area contributed by atoms with Crippen LogP contribution in [0.5, 0.6) is 0 Å². The van der Waals surface area contributed by atoms with Gasteiger partial charge in [-0.1, -0.05) is 25.1 Å². The summed E-state index contributed by atoms with van der Waals surface area (Å²) in [5, 5.41) is 35.1. The molecule has 3 aromatic rings. The number of nitrogens with zero attached hydrogens (tertiary/aromatic N) is 3. The van der Waals surface area contributed by atoms with Crippen molar-refractivity contribution >= 4 is 41.0 Å². The smallest absolute Gasteiger partial charge is 0.326 e. The highest BCUT2D eigenvalue weighted by Gasteiger charge is 2.22. The van der Waals surface area contributed by atoms with Crippen LogP contribution in [0.25, 0.3) is 11.1 Å². The molecule has 0 radical (unpaired) electrons. The van der Waals surface area contributed by atoms with Gasteiger partial charge in [-0.25, -0.2) is 9.78 Å². The van der Waals surface area contributed by atoms with Crippen molar-refractivity contribution in [1.29, 1.82) is 0 Å². The van der Waals surface area contributed by atoms with Crippen molar-refractivity contribution in [2.24, 2.45) is 0 Å². The molecule has 14 heteroatoms. The number of nitrogens with two attached hydrogens (primary N) is 2. The highest BCUT2D eigenvalue weighted by Crippen LogP contribution is 2.35. The lowest BCUT2D eigenvalue weighted by atomic mass is 10.0. The van der Waals surface area contributed by atoms with E-state index in [1.807, 2.05) is 6.92 Å². The van der Waals surface area contributed by atoms with Crippen LogP contribution in [0.1, 0.15) is 41.4 Å². The number of nitro groups is 1. The van der Waals surface area contributed by atoms with Crippen LogP contribution in [-0.2, 0) is 22.6 Å². The van der Waals surface area contributed by atoms with Crippen LogP contribution in [-0.4, -0.2) is 49.0 Å². The van der Waals surface area contributed by atoms with E-state index in [1.165, 1.54) is 18.2 Å². The van der Waals surface area contributed by atoms with Crippen molar-refractivity contribution < 1.29 is 29.5 Å². The number of rotatable bonds is 12. The molecule has 2 aromatic carbocycles. The highest BCUT2D eigenvalue weighted by molar-refractivity contribution is 5.96. The van der Waals surface area contributed by atoms with Gasteiger partial charge in [-0.05, 0) is 42.2 Å². The fourth-order valence-corrected chi connectivity index (χ4v) is 3.84. The first-order chi connectivity index (χ1) is 18.5. The van der Waals surface area contributed by atoms with E-state index in [9.17, 15) is 29.6 Å². The molecule has 0 saturated carbocycles. The summed E-state index contributed by atoms with van der Waals surface area (Å²) in [6.07, 6.45) is -0.170. The molecule has 1 aromatic heterocycles. The molecule has 0 fully saturated rings. The predicted molar refractivity (Wildman–Crippen MR) is 142 cm³/mol. The molecule has 1 atom stereocenters. The molecule has 0 spiro atoms. The normalized spacial score (nSPS) is 11.4. The van der Waals surface area contributed by atoms with Crippen molar-refractivity contribution in [3.05, 3.63) is 69.4 Å². The lowest BCUT2D eigenvalue weighted by molar-refractivity contribution is -0.383. The van der Waals surface area contributed by atoms with Gasteiger partial charge in [-0.3, -0.25) is 19.7 Å². The van der Waals surface area contributed by atoms with Gasteiger partial charge < -0.3 is 32.3 Å². The van der Waals surface area contributed by atoms with E-state index in [1.54, 1.807) is 24.3 Å². The number of amides is 1. The fraction of sp³-hybridized carbons (Fsp3) is 0.240. The Morgan fingerprint density at radius 1 is 1.08 bits per heavy atom. The number of anilines is 3. The van der Waals surface area contributed by atoms with Crippen molar-refractivity contribution in [2.75, 3.05) is 16.8 Å². The zero-order valence-electron chi connectivity index (χ0n) is 20.9. The Morgan fingerprint density at radius 3 is 2.36 bits per heavy atom. The maximum absolute atomic E-state index is 12.4. The van der Waals surface area contributed by atoms with Gasteiger partial charge in [0.25, 0.3) is 11.6 Å². The van der Waals surface area contributed by atoms with Gasteiger partial charge in [0.05, 0.1) is 10.6 Å². The summed E-state index contributed by atoms with van der Waals surface area (Å²) in [7, 11) is 0. The molecular formula is C25H27N7O7. The molecule has 1 heterocycles. The van der Waals surface area contributed by atoms with Crippen LogP contribution in [0.2, 0.25) is 0 Å². The number of nitro benzene ring substituents is 1. The highest BCUT2D eigenvalue weighted by atomic mass is 16.6. The van der Waals surface area contributed by atoms with E-state index in [-0.39, 0.29) is 41.7 Å². The minimum absolute atomic E-state index is 0.0178. The largest absolute Gasteiger partial charge is 0.481 e. The van der Waals surface area contributed by atoms with E-state index >= 15 is 0 Å². The molecule has 1 amide bonds. The molecular weight excluding hydrogens is 510 g/mol. The molecule has 0 bridgehead atoms. The number of carbonyl (C=O) groups is 3. The third kappa shape index (κ3) is 7.15. The van der Waals surface area contributed by atoms with Gasteiger partial charge in [0.15, 0.2) is 0 Å². The molecule has 0 aliphatic rings. The van der Waals surface area contributed by atoms with Gasteiger partial charge in [0.2, 0.25) is 5.95 Å². The number of aryl methyl sites for hydroxylation is 1. The van der Waals surface area contributed by atoms with Crippen LogP contribution in [0.15, 0.2) is 42.5 Å². The number of aliphatic carboxylic acids is 2. The first kappa shape index (κ1) is 28.3. The minimum Gasteiger partial charge on any atom is -0.481 e. The number of nitrogen functional groups attached to an aromatic ring is 2. The second-order valence-corrected chi connectivity index (χ2v) is 8.48. The van der Waals surface area contributed by atoms with Crippen LogP contribution in [0.4, 0.5) is 23.1 Å². The lowest BCUT2D eigenvalue weighted by Gasteiger charge is -2.14. The number of nitrogens with one attached hydrogen (secondary N) is 2. The van der Waals surface area contributed by atoms with E-state index < -0.39 is 35.2 Å². The molecule has 8 N–H and O–H groups in total. The summed E-state index contributed by atoms with van der Waals surface area (Å²) in [6, 6.07) is 9.39. The first-order valence-electron chi connectivity index (χ1n) is 11.8. The van der Waals surface area contributed by atoms with Gasteiger partial charge in [-0.15, -0.1) is 0 Å². The molecule has 14 nitrogen and oxygen atoms in total. The molecule has 39 heavy (non-hydrogen) atoms. The Hall–Kier alpha value is -5.27. The van der Waals surface area contributed by atoms with Crippen LogP contribution < -0.4 is 22.1 Å². The number of hydrogen-bond acceptors (Lipinski definition) is 10. The van der Waals surface area contributed by atoms with E-state index in [0.29, 0.717) is 28.8 Å². The Balaban J connectivity index is 1.74. The summed E-state index contributed by atoms with van der Waals surface area (Å²) in [6.45, 7) is 2.04. The second-order valence-electron chi connectivity index (χ2n) is 8.48. The van der Waals surface area contributed by atoms with Crippen molar-refractivity contribution in [3.8, 4) is 11.1 Å². The summed E-state index contributed by atoms with van der Waals surface area (Å²) in [5.41, 5.74) is 14.1. The van der Waals surface area contributed by atoms with Crippen LogP contribution in [0, 0.1) is 10.1 Å². The zero-order valence-corrected chi connectivity index (χ0v) is 20.9. The molecule has 0 aliphatic heterocycles. The van der Waals surface area contributed by atoms with Crippen molar-refractivity contribution in [2.45, 2.75) is 38.8 Å². The zero-order chi connectivity index (χ0) is 28.7. The quantitative estimate of drug-likeness (QED) is 0.144. The SMILES string of the molecule is CCc1nc(N)nc(N)c1-c1ccc(NCc2ccc(C(=O)N[C@@H](CCC(=O)O)C(=O)O)cc2)c([N+](=O)[O-])c1. The Morgan fingerprint density at radius 2 is 1.77 bits per heavy atom. The number of carboxylic acid groups (broad SMARTS) is 2. The van der Waals surface area contributed by atoms with E-state index in [0.717, 1.165) is 0 Å². The number of aromatic nitrogens is 2.